The number of sulfonamides is 1. The van der Waals surface area contributed by atoms with Crippen molar-refractivity contribution in [1.82, 2.24) is 14.5 Å². The number of hydrogen-bond donors (Lipinski definition) is 1. The van der Waals surface area contributed by atoms with Crippen molar-refractivity contribution in [1.29, 1.82) is 0 Å². The maximum Gasteiger partial charge on any atom is 0.331 e. The number of rotatable bonds is 8. The zero-order valence-corrected chi connectivity index (χ0v) is 19.2. The first-order chi connectivity index (χ1) is 14.8. The van der Waals surface area contributed by atoms with E-state index in [1.807, 2.05) is 19.1 Å². The summed E-state index contributed by atoms with van der Waals surface area (Å²) < 4.78 is 32.9. The van der Waals surface area contributed by atoms with Gasteiger partial charge in [-0.05, 0) is 43.2 Å². The summed E-state index contributed by atoms with van der Waals surface area (Å²) in [7, 11) is -3.96. The van der Waals surface area contributed by atoms with E-state index in [0.717, 1.165) is 37.2 Å². The fourth-order valence-electron chi connectivity index (χ4n) is 3.33. The molecule has 0 aromatic heterocycles. The molecule has 0 radical (unpaired) electrons. The molecule has 2 aromatic carbocycles. The van der Waals surface area contributed by atoms with Crippen molar-refractivity contribution in [2.24, 2.45) is 0 Å². The lowest BCUT2D eigenvalue weighted by molar-refractivity contribution is 0.0364. The first-order valence-corrected chi connectivity index (χ1v) is 12.1. The van der Waals surface area contributed by atoms with Crippen molar-refractivity contribution >= 4 is 27.7 Å². The predicted molar refractivity (Wildman–Crippen MR) is 121 cm³/mol. The number of urea groups is 1. The topological polar surface area (TPSA) is 79.0 Å². The molecule has 0 saturated carbocycles. The van der Waals surface area contributed by atoms with E-state index in [0.29, 0.717) is 24.8 Å². The molecule has 168 valence electrons. The molecule has 1 N–H and O–H groups in total. The number of hydrogen-bond acceptors (Lipinski definition) is 5. The van der Waals surface area contributed by atoms with Crippen LogP contribution < -0.4 is 4.72 Å². The van der Waals surface area contributed by atoms with Gasteiger partial charge in [0.05, 0.1) is 18.1 Å². The Morgan fingerprint density at radius 1 is 1.10 bits per heavy atom. The van der Waals surface area contributed by atoms with Gasteiger partial charge in [-0.25, -0.2) is 17.9 Å². The molecule has 2 amide bonds. The summed E-state index contributed by atoms with van der Waals surface area (Å²) in [4.78, 5) is 16.8. The number of nitrogens with zero attached hydrogens (tertiary/aromatic N) is 2. The van der Waals surface area contributed by atoms with Gasteiger partial charge in [-0.15, -0.1) is 0 Å². The van der Waals surface area contributed by atoms with E-state index in [9.17, 15) is 13.2 Å². The summed E-state index contributed by atoms with van der Waals surface area (Å²) in [5, 5.41) is 0.606. The van der Waals surface area contributed by atoms with Crippen LogP contribution in [0.25, 0.3) is 0 Å². The average molecular weight is 466 g/mol. The second kappa shape index (κ2) is 10.9. The smallest absolute Gasteiger partial charge is 0.331 e. The zero-order chi connectivity index (χ0) is 22.3. The SMILES string of the molecule is Cc1ccc(S(=O)(=O)NC(=O)N(CCCN2CCOCC2)Cc2ccc(Cl)cc2)cc1. The minimum atomic E-state index is -3.96. The molecule has 1 aliphatic rings. The minimum absolute atomic E-state index is 0.0613. The van der Waals surface area contributed by atoms with Crippen LogP contribution in [-0.4, -0.2) is 63.6 Å². The van der Waals surface area contributed by atoms with Gasteiger partial charge in [0.2, 0.25) is 0 Å². The number of carbonyl (C=O) groups is 1. The van der Waals surface area contributed by atoms with Gasteiger partial charge in [-0.3, -0.25) is 4.90 Å². The van der Waals surface area contributed by atoms with E-state index in [1.165, 1.54) is 17.0 Å². The third kappa shape index (κ3) is 7.21. The lowest BCUT2D eigenvalue weighted by atomic mass is 10.2. The Bertz CT molecular complexity index is 959. The van der Waals surface area contributed by atoms with E-state index >= 15 is 0 Å². The first kappa shape index (κ1) is 23.5. The number of morpholine rings is 1. The predicted octanol–water partition coefficient (Wildman–Crippen LogP) is 3.27. The maximum absolute atomic E-state index is 12.9. The standard InChI is InChI=1S/C22H28ClN3O4S/c1-18-3-9-21(10-4-18)31(28,29)24-22(27)26(17-19-5-7-20(23)8-6-19)12-2-11-25-13-15-30-16-14-25/h3-10H,2,11-17H2,1H3,(H,24,27). The van der Waals surface area contributed by atoms with E-state index < -0.39 is 16.1 Å². The highest BCUT2D eigenvalue weighted by Crippen LogP contribution is 2.14. The van der Waals surface area contributed by atoms with Crippen LogP contribution in [0, 0.1) is 6.92 Å². The molecule has 7 nitrogen and oxygen atoms in total. The number of benzene rings is 2. The van der Waals surface area contributed by atoms with Crippen LogP contribution in [0.2, 0.25) is 5.02 Å². The quantitative estimate of drug-likeness (QED) is 0.647. The second-order valence-electron chi connectivity index (χ2n) is 7.58. The highest BCUT2D eigenvalue weighted by atomic mass is 35.5. The number of nitrogens with one attached hydrogen (secondary N) is 1. The second-order valence-corrected chi connectivity index (χ2v) is 9.70. The van der Waals surface area contributed by atoms with Crippen LogP contribution in [0.15, 0.2) is 53.4 Å². The van der Waals surface area contributed by atoms with Crippen molar-refractivity contribution in [2.75, 3.05) is 39.4 Å². The van der Waals surface area contributed by atoms with Crippen LogP contribution in [0.3, 0.4) is 0 Å². The van der Waals surface area contributed by atoms with E-state index in [-0.39, 0.29) is 11.4 Å². The molecule has 0 spiro atoms. The monoisotopic (exact) mass is 465 g/mol. The molecule has 9 heteroatoms. The van der Waals surface area contributed by atoms with Crippen LogP contribution >= 0.6 is 11.6 Å². The molecule has 0 atom stereocenters. The third-order valence-electron chi connectivity index (χ3n) is 5.13. The largest absolute Gasteiger partial charge is 0.379 e. The molecule has 1 aliphatic heterocycles. The van der Waals surface area contributed by atoms with Gasteiger partial charge in [-0.2, -0.15) is 0 Å². The van der Waals surface area contributed by atoms with E-state index in [4.69, 9.17) is 16.3 Å². The summed E-state index contributed by atoms with van der Waals surface area (Å²) in [5.74, 6) is 0. The Balaban J connectivity index is 1.67. The molecule has 1 fully saturated rings. The molecule has 3 rings (SSSR count). The fraction of sp³-hybridized carbons (Fsp3) is 0.409. The number of carbonyl (C=O) groups excluding carboxylic acids is 1. The van der Waals surface area contributed by atoms with Gasteiger partial charge < -0.3 is 9.64 Å². The molecule has 2 aromatic rings. The number of halogens is 1. The highest BCUT2D eigenvalue weighted by Gasteiger charge is 2.22. The van der Waals surface area contributed by atoms with Gasteiger partial charge in [0.25, 0.3) is 10.0 Å². The number of ether oxygens (including phenoxy) is 1. The van der Waals surface area contributed by atoms with Crippen molar-refractivity contribution in [3.05, 3.63) is 64.7 Å². The zero-order valence-electron chi connectivity index (χ0n) is 17.6. The molecule has 0 unspecified atom stereocenters. The van der Waals surface area contributed by atoms with Crippen LogP contribution in [-0.2, 0) is 21.3 Å². The minimum Gasteiger partial charge on any atom is -0.379 e. The summed E-state index contributed by atoms with van der Waals surface area (Å²) >= 11 is 5.96. The van der Waals surface area contributed by atoms with E-state index in [1.54, 1.807) is 24.3 Å². The maximum atomic E-state index is 12.9. The molecule has 0 bridgehead atoms. The van der Waals surface area contributed by atoms with Gasteiger partial charge in [0.15, 0.2) is 0 Å². The normalized spacial score (nSPS) is 14.9. The Morgan fingerprint density at radius 2 is 1.74 bits per heavy atom. The summed E-state index contributed by atoms with van der Waals surface area (Å²) in [6.45, 7) is 6.56. The first-order valence-electron chi connectivity index (χ1n) is 10.3. The van der Waals surface area contributed by atoms with E-state index in [2.05, 4.69) is 9.62 Å². The molecule has 1 heterocycles. The van der Waals surface area contributed by atoms with Crippen molar-refractivity contribution in [2.45, 2.75) is 24.8 Å². The molecule has 0 aliphatic carbocycles. The molecular weight excluding hydrogens is 438 g/mol. The number of amides is 2. The number of aryl methyl sites for hydroxylation is 1. The van der Waals surface area contributed by atoms with Gasteiger partial charge in [0.1, 0.15) is 0 Å². The van der Waals surface area contributed by atoms with Crippen LogP contribution in [0.1, 0.15) is 17.5 Å². The van der Waals surface area contributed by atoms with Gasteiger partial charge in [-0.1, -0.05) is 41.4 Å². The third-order valence-corrected chi connectivity index (χ3v) is 6.72. The molecular formula is C22H28ClN3O4S. The summed E-state index contributed by atoms with van der Waals surface area (Å²) in [5.41, 5.74) is 1.82. The van der Waals surface area contributed by atoms with Crippen LogP contribution in [0.5, 0.6) is 0 Å². The van der Waals surface area contributed by atoms with Crippen molar-refractivity contribution < 1.29 is 17.9 Å². The Hall–Kier alpha value is -2.13. The Labute approximate surface area is 189 Å². The average Bonchev–Trinajstić information content (AvgIpc) is 2.75. The summed E-state index contributed by atoms with van der Waals surface area (Å²) in [6.07, 6.45) is 0.728. The van der Waals surface area contributed by atoms with Crippen molar-refractivity contribution in [3.63, 3.8) is 0 Å². The van der Waals surface area contributed by atoms with Gasteiger partial charge >= 0.3 is 6.03 Å². The molecule has 1 saturated heterocycles. The highest BCUT2D eigenvalue weighted by molar-refractivity contribution is 7.90. The van der Waals surface area contributed by atoms with Crippen molar-refractivity contribution in [3.8, 4) is 0 Å². The Kier molecular flexibility index (Phi) is 8.31. The Morgan fingerprint density at radius 3 is 2.39 bits per heavy atom. The van der Waals surface area contributed by atoms with Gasteiger partial charge in [0, 0.05) is 37.7 Å². The summed E-state index contributed by atoms with van der Waals surface area (Å²) in [6, 6.07) is 12.9. The lowest BCUT2D eigenvalue weighted by Gasteiger charge is -2.28. The lowest BCUT2D eigenvalue weighted by Crippen LogP contribution is -2.44. The van der Waals surface area contributed by atoms with Crippen LogP contribution in [0.4, 0.5) is 4.79 Å². The fourth-order valence-corrected chi connectivity index (χ4v) is 4.43. The molecule has 31 heavy (non-hydrogen) atoms.